The van der Waals surface area contributed by atoms with Gasteiger partial charge in [0.15, 0.2) is 11.6 Å². The number of nitrogens with zero attached hydrogens (tertiary/aromatic N) is 1. The van der Waals surface area contributed by atoms with Crippen LogP contribution in [0.25, 0.3) is 0 Å². The predicted octanol–water partition coefficient (Wildman–Crippen LogP) is 1.31. The quantitative estimate of drug-likeness (QED) is 0.746. The fraction of sp³-hybridized carbons (Fsp3) is 0.562. The molecule has 1 fully saturated rings. The van der Waals surface area contributed by atoms with E-state index in [1.807, 2.05) is 0 Å². The third-order valence-electron chi connectivity index (χ3n) is 3.84. The molecular weight excluding hydrogens is 288 g/mol. The molecular formula is C16H23F2N3O. The molecule has 1 amide bonds. The van der Waals surface area contributed by atoms with Gasteiger partial charge in [0.05, 0.1) is 0 Å². The van der Waals surface area contributed by atoms with Gasteiger partial charge >= 0.3 is 0 Å². The molecule has 122 valence electrons. The van der Waals surface area contributed by atoms with Crippen molar-refractivity contribution in [2.75, 3.05) is 39.3 Å². The lowest BCUT2D eigenvalue weighted by Gasteiger charge is -2.27. The molecule has 0 radical (unpaired) electrons. The highest BCUT2D eigenvalue weighted by atomic mass is 19.2. The van der Waals surface area contributed by atoms with Gasteiger partial charge < -0.3 is 15.5 Å². The molecule has 0 aliphatic carbocycles. The zero-order valence-corrected chi connectivity index (χ0v) is 12.7. The van der Waals surface area contributed by atoms with Gasteiger partial charge in [-0.2, -0.15) is 0 Å². The van der Waals surface area contributed by atoms with Crippen molar-refractivity contribution in [1.29, 1.82) is 0 Å². The molecule has 1 aromatic carbocycles. The molecule has 0 saturated carbocycles. The standard InChI is InChI=1S/C16H23F2N3O/c17-14-4-1-3-13(16(14)18)5-6-15(22)20-7-2-10-21-11-8-19-9-12-21/h1,3-4,19H,2,5-12H2,(H,20,22). The van der Waals surface area contributed by atoms with Gasteiger partial charge in [-0.1, -0.05) is 12.1 Å². The van der Waals surface area contributed by atoms with E-state index in [1.165, 1.54) is 12.1 Å². The zero-order chi connectivity index (χ0) is 15.8. The van der Waals surface area contributed by atoms with E-state index in [0.29, 0.717) is 6.54 Å². The smallest absolute Gasteiger partial charge is 0.220 e. The van der Waals surface area contributed by atoms with Crippen molar-refractivity contribution >= 4 is 5.91 Å². The Hall–Kier alpha value is -1.53. The average molecular weight is 311 g/mol. The molecule has 0 bridgehead atoms. The SMILES string of the molecule is O=C(CCc1cccc(F)c1F)NCCCN1CCNCC1. The van der Waals surface area contributed by atoms with Crippen molar-refractivity contribution in [1.82, 2.24) is 15.5 Å². The molecule has 6 heteroatoms. The number of carbonyl (C=O) groups excluding carboxylic acids is 1. The van der Waals surface area contributed by atoms with Crippen LogP contribution in [0, 0.1) is 11.6 Å². The van der Waals surface area contributed by atoms with E-state index < -0.39 is 11.6 Å². The van der Waals surface area contributed by atoms with E-state index in [-0.39, 0.29) is 24.3 Å². The number of rotatable bonds is 7. The van der Waals surface area contributed by atoms with Gasteiger partial charge in [0.1, 0.15) is 0 Å². The minimum atomic E-state index is -0.867. The summed E-state index contributed by atoms with van der Waals surface area (Å²) >= 11 is 0. The number of piperazine rings is 1. The summed E-state index contributed by atoms with van der Waals surface area (Å²) in [5.41, 5.74) is 0.246. The van der Waals surface area contributed by atoms with Gasteiger partial charge in [0.25, 0.3) is 0 Å². The van der Waals surface area contributed by atoms with Crippen LogP contribution in [0.1, 0.15) is 18.4 Å². The Bertz CT molecular complexity index is 490. The Labute approximate surface area is 129 Å². The molecule has 2 N–H and O–H groups in total. The van der Waals surface area contributed by atoms with Crippen LogP contribution in [0.2, 0.25) is 0 Å². The van der Waals surface area contributed by atoms with Crippen LogP contribution < -0.4 is 10.6 Å². The van der Waals surface area contributed by atoms with Crippen LogP contribution in [0.4, 0.5) is 8.78 Å². The highest BCUT2D eigenvalue weighted by molar-refractivity contribution is 5.76. The summed E-state index contributed by atoms with van der Waals surface area (Å²) in [7, 11) is 0. The molecule has 1 heterocycles. The van der Waals surface area contributed by atoms with Gasteiger partial charge in [-0.25, -0.2) is 8.78 Å². The first kappa shape index (κ1) is 16.8. The maximum Gasteiger partial charge on any atom is 0.220 e. The lowest BCUT2D eigenvalue weighted by Crippen LogP contribution is -2.44. The highest BCUT2D eigenvalue weighted by Crippen LogP contribution is 2.12. The number of hydrogen-bond acceptors (Lipinski definition) is 3. The van der Waals surface area contributed by atoms with E-state index in [4.69, 9.17) is 0 Å². The van der Waals surface area contributed by atoms with Crippen LogP contribution in [-0.4, -0.2) is 50.1 Å². The first-order chi connectivity index (χ1) is 10.7. The highest BCUT2D eigenvalue weighted by Gasteiger charge is 2.10. The lowest BCUT2D eigenvalue weighted by molar-refractivity contribution is -0.121. The molecule has 4 nitrogen and oxygen atoms in total. The van der Waals surface area contributed by atoms with Crippen molar-refractivity contribution < 1.29 is 13.6 Å². The van der Waals surface area contributed by atoms with Crippen LogP contribution in [0.15, 0.2) is 18.2 Å². The fourth-order valence-electron chi connectivity index (χ4n) is 2.54. The molecule has 0 unspecified atom stereocenters. The Balaban J connectivity index is 1.60. The van der Waals surface area contributed by atoms with E-state index in [0.717, 1.165) is 45.2 Å². The van der Waals surface area contributed by atoms with Crippen molar-refractivity contribution in [2.45, 2.75) is 19.3 Å². The minimum absolute atomic E-state index is 0.121. The van der Waals surface area contributed by atoms with Crippen molar-refractivity contribution in [2.24, 2.45) is 0 Å². The number of benzene rings is 1. The number of halogens is 2. The van der Waals surface area contributed by atoms with Crippen molar-refractivity contribution in [3.05, 3.63) is 35.4 Å². The van der Waals surface area contributed by atoms with Crippen LogP contribution in [-0.2, 0) is 11.2 Å². The van der Waals surface area contributed by atoms with Crippen LogP contribution in [0.3, 0.4) is 0 Å². The molecule has 0 atom stereocenters. The normalized spacial score (nSPS) is 15.7. The molecule has 0 spiro atoms. The molecule has 1 aromatic rings. The summed E-state index contributed by atoms with van der Waals surface area (Å²) in [5.74, 6) is -1.84. The third-order valence-corrected chi connectivity index (χ3v) is 3.84. The summed E-state index contributed by atoms with van der Waals surface area (Å²) in [6, 6.07) is 4.05. The minimum Gasteiger partial charge on any atom is -0.356 e. The van der Waals surface area contributed by atoms with Gasteiger partial charge in [-0.15, -0.1) is 0 Å². The number of aryl methyl sites for hydroxylation is 1. The molecule has 1 saturated heterocycles. The molecule has 1 aliphatic heterocycles. The lowest BCUT2D eigenvalue weighted by atomic mass is 10.1. The number of nitrogens with one attached hydrogen (secondary N) is 2. The number of carbonyl (C=O) groups is 1. The summed E-state index contributed by atoms with van der Waals surface area (Å²) in [5, 5.41) is 6.12. The number of hydrogen-bond donors (Lipinski definition) is 2. The summed E-state index contributed by atoms with van der Waals surface area (Å²) < 4.78 is 26.5. The summed E-state index contributed by atoms with van der Waals surface area (Å²) in [4.78, 5) is 14.1. The third kappa shape index (κ3) is 5.35. The molecule has 2 rings (SSSR count). The predicted molar refractivity (Wildman–Crippen MR) is 81.6 cm³/mol. The Morgan fingerprint density at radius 1 is 1.27 bits per heavy atom. The topological polar surface area (TPSA) is 44.4 Å². The van der Waals surface area contributed by atoms with E-state index >= 15 is 0 Å². The largest absolute Gasteiger partial charge is 0.356 e. The van der Waals surface area contributed by atoms with Gasteiger partial charge in [0.2, 0.25) is 5.91 Å². The van der Waals surface area contributed by atoms with Crippen LogP contribution >= 0.6 is 0 Å². The molecule has 22 heavy (non-hydrogen) atoms. The van der Waals surface area contributed by atoms with Gasteiger partial charge in [0, 0.05) is 39.1 Å². The zero-order valence-electron chi connectivity index (χ0n) is 12.7. The maximum absolute atomic E-state index is 13.4. The van der Waals surface area contributed by atoms with E-state index in [9.17, 15) is 13.6 Å². The number of amides is 1. The second-order valence-electron chi connectivity index (χ2n) is 5.51. The van der Waals surface area contributed by atoms with Crippen molar-refractivity contribution in [3.63, 3.8) is 0 Å². The Morgan fingerprint density at radius 3 is 2.82 bits per heavy atom. The van der Waals surface area contributed by atoms with Crippen molar-refractivity contribution in [3.8, 4) is 0 Å². The average Bonchev–Trinajstić information content (AvgIpc) is 2.54. The summed E-state index contributed by atoms with van der Waals surface area (Å²) in [6.45, 7) is 5.73. The monoisotopic (exact) mass is 311 g/mol. The van der Waals surface area contributed by atoms with E-state index in [1.54, 1.807) is 0 Å². The molecule has 0 aromatic heterocycles. The second-order valence-corrected chi connectivity index (χ2v) is 5.51. The first-order valence-corrected chi connectivity index (χ1v) is 7.79. The van der Waals surface area contributed by atoms with E-state index in [2.05, 4.69) is 15.5 Å². The Morgan fingerprint density at radius 2 is 2.05 bits per heavy atom. The molecule has 1 aliphatic rings. The Kier molecular flexibility index (Phi) is 6.74. The summed E-state index contributed by atoms with van der Waals surface area (Å²) in [6.07, 6.45) is 1.29. The fourth-order valence-corrected chi connectivity index (χ4v) is 2.54. The van der Waals surface area contributed by atoms with Gasteiger partial charge in [-0.05, 0) is 31.0 Å². The first-order valence-electron chi connectivity index (χ1n) is 7.79. The van der Waals surface area contributed by atoms with Crippen LogP contribution in [0.5, 0.6) is 0 Å². The van der Waals surface area contributed by atoms with Gasteiger partial charge in [-0.3, -0.25) is 4.79 Å². The second kappa shape index (κ2) is 8.80. The maximum atomic E-state index is 13.4.